The normalized spacial score (nSPS) is 9.52. The fourth-order valence-electron chi connectivity index (χ4n) is 1.86. The van der Waals surface area contributed by atoms with Gasteiger partial charge in [-0.05, 0) is 31.2 Å². The van der Waals surface area contributed by atoms with E-state index in [9.17, 15) is 4.79 Å². The molecule has 0 atom stereocenters. The van der Waals surface area contributed by atoms with Gasteiger partial charge in [-0.3, -0.25) is 9.74 Å². The van der Waals surface area contributed by atoms with Crippen LogP contribution >= 0.6 is 0 Å². The van der Waals surface area contributed by atoms with Gasteiger partial charge in [0.25, 0.3) is 0 Å². The summed E-state index contributed by atoms with van der Waals surface area (Å²) in [6.45, 7) is 1.74. The summed E-state index contributed by atoms with van der Waals surface area (Å²) in [4.78, 5) is 22.0. The van der Waals surface area contributed by atoms with Gasteiger partial charge in [0, 0.05) is 0 Å². The standard InChI is InChI=1S/C14H13N5O2/c1-10-12(7-8-13(16)17-10)19(14(20)18-21-9-15)11-5-3-2-4-6-11/h2-8H,1H3,(H2,16,17)(H,18,20). The molecule has 0 aliphatic carbocycles. The zero-order chi connectivity index (χ0) is 15.2. The lowest BCUT2D eigenvalue weighted by Crippen LogP contribution is -2.36. The maximum Gasteiger partial charge on any atom is 0.360 e. The Bertz CT molecular complexity index is 682. The Morgan fingerprint density at radius 2 is 2.05 bits per heavy atom. The van der Waals surface area contributed by atoms with E-state index in [0.717, 1.165) is 0 Å². The number of urea groups is 1. The number of carbonyl (C=O) groups is 1. The average Bonchev–Trinajstić information content (AvgIpc) is 2.49. The van der Waals surface area contributed by atoms with Crippen molar-refractivity contribution in [3.8, 4) is 6.26 Å². The molecule has 0 saturated heterocycles. The second-order valence-electron chi connectivity index (χ2n) is 4.11. The predicted molar refractivity (Wildman–Crippen MR) is 77.2 cm³/mol. The van der Waals surface area contributed by atoms with Crippen LogP contribution in [0.25, 0.3) is 0 Å². The Kier molecular flexibility index (Phi) is 4.21. The van der Waals surface area contributed by atoms with Gasteiger partial charge in [0.05, 0.1) is 17.1 Å². The van der Waals surface area contributed by atoms with Crippen molar-refractivity contribution in [2.24, 2.45) is 0 Å². The van der Waals surface area contributed by atoms with Crippen molar-refractivity contribution in [3.63, 3.8) is 0 Å². The van der Waals surface area contributed by atoms with Crippen LogP contribution in [0.15, 0.2) is 42.5 Å². The van der Waals surface area contributed by atoms with Gasteiger partial charge in [0.2, 0.25) is 0 Å². The van der Waals surface area contributed by atoms with Crippen molar-refractivity contribution < 1.29 is 9.63 Å². The summed E-state index contributed by atoms with van der Waals surface area (Å²) < 4.78 is 0. The van der Waals surface area contributed by atoms with Gasteiger partial charge in [0.15, 0.2) is 0 Å². The van der Waals surface area contributed by atoms with Crippen molar-refractivity contribution in [3.05, 3.63) is 48.2 Å². The molecule has 7 nitrogen and oxygen atoms in total. The molecule has 0 saturated carbocycles. The third-order valence-electron chi connectivity index (χ3n) is 2.72. The van der Waals surface area contributed by atoms with Crippen LogP contribution in [0.3, 0.4) is 0 Å². The van der Waals surface area contributed by atoms with Crippen LogP contribution in [-0.4, -0.2) is 11.0 Å². The van der Waals surface area contributed by atoms with Crippen LogP contribution in [0.2, 0.25) is 0 Å². The molecule has 7 heteroatoms. The maximum absolute atomic E-state index is 12.2. The number of pyridine rings is 1. The number of nitrogens with two attached hydrogens (primary N) is 1. The van der Waals surface area contributed by atoms with Gasteiger partial charge in [-0.25, -0.2) is 9.78 Å². The van der Waals surface area contributed by atoms with Gasteiger partial charge in [0.1, 0.15) is 5.82 Å². The number of rotatable bonds is 3. The number of benzene rings is 1. The highest BCUT2D eigenvalue weighted by Crippen LogP contribution is 2.28. The fourth-order valence-corrected chi connectivity index (χ4v) is 1.86. The molecular weight excluding hydrogens is 270 g/mol. The molecule has 0 spiro atoms. The first-order valence-electron chi connectivity index (χ1n) is 6.06. The zero-order valence-corrected chi connectivity index (χ0v) is 11.3. The highest BCUT2D eigenvalue weighted by molar-refractivity contribution is 5.99. The second kappa shape index (κ2) is 6.25. The van der Waals surface area contributed by atoms with E-state index in [-0.39, 0.29) is 0 Å². The Morgan fingerprint density at radius 3 is 2.67 bits per heavy atom. The van der Waals surface area contributed by atoms with Crippen LogP contribution in [-0.2, 0) is 4.84 Å². The van der Waals surface area contributed by atoms with Crippen LogP contribution in [0.4, 0.5) is 22.0 Å². The molecule has 3 N–H and O–H groups in total. The average molecular weight is 283 g/mol. The van der Waals surface area contributed by atoms with Crippen molar-refractivity contribution in [2.45, 2.75) is 6.92 Å². The Labute approximate surface area is 121 Å². The van der Waals surface area contributed by atoms with Crippen molar-refractivity contribution in [1.82, 2.24) is 10.5 Å². The van der Waals surface area contributed by atoms with Crippen molar-refractivity contribution >= 4 is 23.2 Å². The van der Waals surface area contributed by atoms with Crippen molar-refractivity contribution in [2.75, 3.05) is 10.6 Å². The topological polar surface area (TPSA) is 104 Å². The molecule has 106 valence electrons. The number of aryl methyl sites for hydroxylation is 1. The fraction of sp³-hybridized carbons (Fsp3) is 0.0714. The third kappa shape index (κ3) is 3.19. The lowest BCUT2D eigenvalue weighted by Gasteiger charge is -2.23. The van der Waals surface area contributed by atoms with E-state index in [1.807, 2.05) is 11.5 Å². The molecular formula is C14H13N5O2. The molecule has 21 heavy (non-hydrogen) atoms. The molecule has 2 amide bonds. The number of amides is 2. The van der Waals surface area contributed by atoms with Crippen LogP contribution in [0.5, 0.6) is 0 Å². The smallest absolute Gasteiger partial charge is 0.360 e. The molecule has 0 aliphatic rings. The highest BCUT2D eigenvalue weighted by Gasteiger charge is 2.20. The van der Waals surface area contributed by atoms with E-state index in [1.165, 1.54) is 11.2 Å². The summed E-state index contributed by atoms with van der Waals surface area (Å²) in [6.07, 6.45) is 1.39. The second-order valence-corrected chi connectivity index (χ2v) is 4.11. The minimum atomic E-state index is -0.613. The first-order chi connectivity index (χ1) is 10.1. The largest absolute Gasteiger partial charge is 0.384 e. The predicted octanol–water partition coefficient (Wildman–Crippen LogP) is 2.23. The number of nitrogens with one attached hydrogen (secondary N) is 1. The Morgan fingerprint density at radius 1 is 1.33 bits per heavy atom. The third-order valence-corrected chi connectivity index (χ3v) is 2.72. The van der Waals surface area contributed by atoms with E-state index in [4.69, 9.17) is 11.0 Å². The van der Waals surface area contributed by atoms with E-state index < -0.39 is 6.03 Å². The molecule has 0 fully saturated rings. The van der Waals surface area contributed by atoms with Gasteiger partial charge in [-0.2, -0.15) is 5.48 Å². The Hall–Kier alpha value is -3.27. The maximum atomic E-state index is 12.2. The van der Waals surface area contributed by atoms with E-state index >= 15 is 0 Å². The monoisotopic (exact) mass is 283 g/mol. The van der Waals surface area contributed by atoms with Gasteiger partial charge in [-0.15, -0.1) is 5.26 Å². The summed E-state index contributed by atoms with van der Waals surface area (Å²) in [6, 6.07) is 11.6. The van der Waals surface area contributed by atoms with Crippen LogP contribution in [0.1, 0.15) is 5.69 Å². The van der Waals surface area contributed by atoms with E-state index in [2.05, 4.69) is 9.82 Å². The molecule has 1 aromatic heterocycles. The molecule has 0 bridgehead atoms. The highest BCUT2D eigenvalue weighted by atomic mass is 16.6. The lowest BCUT2D eigenvalue weighted by molar-refractivity contribution is 0.159. The quantitative estimate of drug-likeness (QED) is 0.664. The number of hydrogen-bond acceptors (Lipinski definition) is 5. The first-order valence-corrected chi connectivity index (χ1v) is 6.06. The number of hydrogen-bond donors (Lipinski definition) is 2. The summed E-state index contributed by atoms with van der Waals surface area (Å²) >= 11 is 0. The molecule has 0 aliphatic heterocycles. The molecule has 2 aromatic rings. The number of nitriles is 1. The number of nitrogens with zero attached hydrogens (tertiary/aromatic N) is 3. The summed E-state index contributed by atoms with van der Waals surface area (Å²) in [5, 5.41) is 8.39. The number of para-hydroxylation sites is 1. The van der Waals surface area contributed by atoms with E-state index in [0.29, 0.717) is 22.9 Å². The number of aromatic nitrogens is 1. The molecule has 1 heterocycles. The van der Waals surface area contributed by atoms with E-state index in [1.54, 1.807) is 43.3 Å². The number of anilines is 3. The minimum absolute atomic E-state index is 0.359. The molecule has 0 unspecified atom stereocenters. The summed E-state index contributed by atoms with van der Waals surface area (Å²) in [7, 11) is 0. The van der Waals surface area contributed by atoms with Crippen LogP contribution < -0.4 is 16.1 Å². The SMILES string of the molecule is Cc1nc(N)ccc1N(C(=O)NOC#N)c1ccccc1. The Balaban J connectivity index is 2.46. The van der Waals surface area contributed by atoms with Gasteiger partial charge >= 0.3 is 12.3 Å². The first kappa shape index (κ1) is 14.1. The number of carbonyl (C=O) groups excluding carboxylic acids is 1. The van der Waals surface area contributed by atoms with Gasteiger partial charge in [-0.1, -0.05) is 18.2 Å². The zero-order valence-electron chi connectivity index (χ0n) is 11.3. The minimum Gasteiger partial charge on any atom is -0.384 e. The summed E-state index contributed by atoms with van der Waals surface area (Å²) in [5.41, 5.74) is 9.38. The van der Waals surface area contributed by atoms with Gasteiger partial charge < -0.3 is 5.73 Å². The van der Waals surface area contributed by atoms with Crippen molar-refractivity contribution in [1.29, 1.82) is 5.26 Å². The number of hydroxylamine groups is 1. The lowest BCUT2D eigenvalue weighted by atomic mass is 10.2. The molecule has 1 aromatic carbocycles. The summed E-state index contributed by atoms with van der Waals surface area (Å²) in [5.74, 6) is 0.359. The number of nitrogen functional groups attached to an aromatic ring is 1. The molecule has 0 radical (unpaired) electrons. The molecule has 2 rings (SSSR count). The van der Waals surface area contributed by atoms with Crippen LogP contribution in [0, 0.1) is 18.4 Å².